The third-order valence-corrected chi connectivity index (χ3v) is 5.26. The molecule has 4 rings (SSSR count). The molecule has 1 aromatic carbocycles. The minimum Gasteiger partial charge on any atom is -0.383 e. The number of hydrogen-bond acceptors (Lipinski definition) is 3. The van der Waals surface area contributed by atoms with E-state index in [2.05, 4.69) is 29.6 Å². The average Bonchev–Trinajstić information content (AvgIpc) is 2.75. The molecule has 0 bridgehead atoms. The second kappa shape index (κ2) is 5.71. The minimum atomic E-state index is 0.241. The van der Waals surface area contributed by atoms with E-state index in [4.69, 9.17) is 4.99 Å². The van der Waals surface area contributed by atoms with Gasteiger partial charge in [0.2, 0.25) is 0 Å². The molecule has 0 saturated heterocycles. The molecule has 114 valence electrons. The summed E-state index contributed by atoms with van der Waals surface area (Å²) in [5, 5.41) is 3.68. The molecular weight excluding hydrogens is 272 g/mol. The van der Waals surface area contributed by atoms with Crippen LogP contribution in [0, 0.1) is 0 Å². The van der Waals surface area contributed by atoms with Gasteiger partial charge in [0, 0.05) is 24.4 Å². The van der Waals surface area contributed by atoms with E-state index in [1.165, 1.54) is 24.8 Å². The Morgan fingerprint density at radius 1 is 1.05 bits per heavy atom. The van der Waals surface area contributed by atoms with Crippen molar-refractivity contribution in [2.45, 2.75) is 56.5 Å². The van der Waals surface area contributed by atoms with Gasteiger partial charge < -0.3 is 5.32 Å². The zero-order valence-corrected chi connectivity index (χ0v) is 12.8. The number of nitrogens with one attached hydrogen (secondary N) is 1. The number of ketones is 1. The zero-order valence-electron chi connectivity index (χ0n) is 12.8. The molecule has 0 spiro atoms. The zero-order chi connectivity index (χ0) is 14.9. The fourth-order valence-corrected chi connectivity index (χ4v) is 4.03. The number of rotatable bonds is 1. The van der Waals surface area contributed by atoms with E-state index in [0.29, 0.717) is 24.4 Å². The first-order chi connectivity index (χ1) is 10.8. The number of carbonyl (C=O) groups excluding carboxylic acids is 1. The maximum absolute atomic E-state index is 12.6. The summed E-state index contributed by atoms with van der Waals surface area (Å²) in [6, 6.07) is 11.2. The van der Waals surface area contributed by atoms with E-state index in [0.717, 1.165) is 24.1 Å². The first kappa shape index (κ1) is 13.7. The molecule has 1 aromatic rings. The molecule has 3 heteroatoms. The summed E-state index contributed by atoms with van der Waals surface area (Å²) in [6.07, 6.45) is 8.23. The van der Waals surface area contributed by atoms with Crippen LogP contribution in [0.15, 0.2) is 46.6 Å². The Hall–Kier alpha value is -1.90. The number of fused-ring (bicyclic) bond motifs is 1. The van der Waals surface area contributed by atoms with E-state index in [1.54, 1.807) is 0 Å². The minimum absolute atomic E-state index is 0.241. The maximum Gasteiger partial charge on any atom is 0.166 e. The lowest BCUT2D eigenvalue weighted by molar-refractivity contribution is -0.115. The fourth-order valence-electron chi connectivity index (χ4n) is 4.03. The fraction of sp³-hybridized carbons (Fsp3) is 0.474. The Kier molecular flexibility index (Phi) is 3.57. The number of Topliss-reactive ketones (excluding diaryl/α,β-unsaturated/α-hetero) is 1. The van der Waals surface area contributed by atoms with Gasteiger partial charge in [0.25, 0.3) is 0 Å². The van der Waals surface area contributed by atoms with Gasteiger partial charge in [0.1, 0.15) is 0 Å². The Morgan fingerprint density at radius 3 is 2.73 bits per heavy atom. The topological polar surface area (TPSA) is 41.5 Å². The van der Waals surface area contributed by atoms with Gasteiger partial charge >= 0.3 is 0 Å². The lowest BCUT2D eigenvalue weighted by atomic mass is 9.81. The molecule has 1 saturated carbocycles. The number of nitrogens with zero attached hydrogens (tertiary/aromatic N) is 1. The van der Waals surface area contributed by atoms with Crippen LogP contribution in [-0.2, 0) is 4.79 Å². The summed E-state index contributed by atoms with van der Waals surface area (Å²) in [5.74, 6) is 0.540. The molecule has 1 heterocycles. The Morgan fingerprint density at radius 2 is 1.86 bits per heavy atom. The van der Waals surface area contributed by atoms with Gasteiger partial charge in [-0.05, 0) is 30.7 Å². The van der Waals surface area contributed by atoms with Gasteiger partial charge in [-0.15, -0.1) is 0 Å². The first-order valence-corrected chi connectivity index (χ1v) is 8.42. The smallest absolute Gasteiger partial charge is 0.166 e. The highest BCUT2D eigenvalue weighted by Gasteiger charge is 2.33. The summed E-state index contributed by atoms with van der Waals surface area (Å²) in [6.45, 7) is 0. The van der Waals surface area contributed by atoms with E-state index in [9.17, 15) is 4.79 Å². The SMILES string of the molecule is O=C1C[C@H](c2ccccc2)CC2=C1C=N[C@H]1CCCC[C@H]1N2. The van der Waals surface area contributed by atoms with Crippen LogP contribution in [0.2, 0.25) is 0 Å². The second-order valence-electron chi connectivity index (χ2n) is 6.71. The van der Waals surface area contributed by atoms with Crippen LogP contribution in [0.3, 0.4) is 0 Å². The lowest BCUT2D eigenvalue weighted by Crippen LogP contribution is -2.41. The number of benzene rings is 1. The highest BCUT2D eigenvalue weighted by molar-refractivity contribution is 6.15. The molecule has 0 amide bonds. The van der Waals surface area contributed by atoms with E-state index in [-0.39, 0.29) is 5.78 Å². The van der Waals surface area contributed by atoms with Crippen LogP contribution < -0.4 is 5.32 Å². The van der Waals surface area contributed by atoms with Crippen molar-refractivity contribution in [2.75, 3.05) is 0 Å². The third kappa shape index (κ3) is 2.49. The van der Waals surface area contributed by atoms with Crippen molar-refractivity contribution >= 4 is 12.0 Å². The summed E-state index contributed by atoms with van der Waals surface area (Å²) in [5.41, 5.74) is 3.23. The van der Waals surface area contributed by atoms with Crippen LogP contribution >= 0.6 is 0 Å². The van der Waals surface area contributed by atoms with E-state index in [1.807, 2.05) is 12.3 Å². The molecule has 0 unspecified atom stereocenters. The quantitative estimate of drug-likeness (QED) is 0.862. The van der Waals surface area contributed by atoms with Gasteiger partial charge in [0.05, 0.1) is 11.6 Å². The van der Waals surface area contributed by atoms with E-state index < -0.39 is 0 Å². The molecule has 3 aliphatic rings. The molecule has 1 fully saturated rings. The summed E-state index contributed by atoms with van der Waals surface area (Å²) in [7, 11) is 0. The van der Waals surface area contributed by atoms with Crippen LogP contribution in [-0.4, -0.2) is 24.1 Å². The van der Waals surface area contributed by atoms with Crippen LogP contribution in [0.5, 0.6) is 0 Å². The predicted octanol–water partition coefficient (Wildman–Crippen LogP) is 3.37. The van der Waals surface area contributed by atoms with Gasteiger partial charge in [-0.2, -0.15) is 0 Å². The highest BCUT2D eigenvalue weighted by Crippen LogP contribution is 2.35. The molecule has 1 aliphatic heterocycles. The van der Waals surface area contributed by atoms with Crippen LogP contribution in [0.4, 0.5) is 0 Å². The van der Waals surface area contributed by atoms with Gasteiger partial charge in [-0.3, -0.25) is 9.79 Å². The number of aliphatic imine (C=N–C) groups is 1. The second-order valence-corrected chi connectivity index (χ2v) is 6.71. The molecule has 3 atom stereocenters. The normalized spacial score (nSPS) is 31.1. The van der Waals surface area contributed by atoms with Crippen LogP contribution in [0.1, 0.15) is 50.0 Å². The summed E-state index contributed by atoms with van der Waals surface area (Å²) < 4.78 is 0. The molecule has 0 aromatic heterocycles. The Bertz CT molecular complexity index is 632. The number of carbonyl (C=O) groups is 1. The Balaban J connectivity index is 1.62. The van der Waals surface area contributed by atoms with Crippen molar-refractivity contribution in [3.05, 3.63) is 47.2 Å². The van der Waals surface area contributed by atoms with Crippen molar-refractivity contribution < 1.29 is 4.79 Å². The maximum atomic E-state index is 12.6. The molecule has 0 radical (unpaired) electrons. The van der Waals surface area contributed by atoms with Gasteiger partial charge in [-0.25, -0.2) is 0 Å². The van der Waals surface area contributed by atoms with E-state index >= 15 is 0 Å². The first-order valence-electron chi connectivity index (χ1n) is 8.42. The molecular formula is C19H22N2O. The van der Waals surface area contributed by atoms with Crippen LogP contribution in [0.25, 0.3) is 0 Å². The summed E-state index contributed by atoms with van der Waals surface area (Å²) >= 11 is 0. The molecule has 3 nitrogen and oxygen atoms in total. The summed E-state index contributed by atoms with van der Waals surface area (Å²) in [4.78, 5) is 17.3. The van der Waals surface area contributed by atoms with Gasteiger partial charge in [0.15, 0.2) is 5.78 Å². The lowest BCUT2D eigenvalue weighted by Gasteiger charge is -2.32. The molecule has 1 N–H and O–H groups in total. The monoisotopic (exact) mass is 294 g/mol. The van der Waals surface area contributed by atoms with Gasteiger partial charge in [-0.1, -0.05) is 43.2 Å². The standard InChI is InChI=1S/C19H22N2O/c22-19-11-14(13-6-2-1-3-7-13)10-18-15(19)12-20-16-8-4-5-9-17(16)21-18/h1-3,6-7,12,14,16-17,21H,4-5,8-11H2/t14-,16+,17-/m1/s1. The largest absolute Gasteiger partial charge is 0.383 e. The van der Waals surface area contributed by atoms with Crippen molar-refractivity contribution in [3.63, 3.8) is 0 Å². The third-order valence-electron chi connectivity index (χ3n) is 5.26. The van der Waals surface area contributed by atoms with Crippen molar-refractivity contribution in [1.82, 2.24) is 5.32 Å². The highest BCUT2D eigenvalue weighted by atomic mass is 16.1. The Labute approximate surface area is 131 Å². The van der Waals surface area contributed by atoms with Crippen molar-refractivity contribution in [3.8, 4) is 0 Å². The average molecular weight is 294 g/mol. The number of hydrogen-bond donors (Lipinski definition) is 1. The van der Waals surface area contributed by atoms with Crippen molar-refractivity contribution in [1.29, 1.82) is 0 Å². The van der Waals surface area contributed by atoms with Crippen molar-refractivity contribution in [2.24, 2.45) is 4.99 Å². The number of allylic oxidation sites excluding steroid dienone is 2. The predicted molar refractivity (Wildman–Crippen MR) is 88.1 cm³/mol. The molecule has 22 heavy (non-hydrogen) atoms. The molecule has 2 aliphatic carbocycles.